The highest BCUT2D eigenvalue weighted by Crippen LogP contribution is 2.50. The standard InChI is InChI=1S/C11H22O/c1-3-10-9(2)11(10)7-5-4-6-8-12/h9-12H,3-8H2,1-2H3. The van der Waals surface area contributed by atoms with Gasteiger partial charge in [0, 0.05) is 6.61 Å². The Hall–Kier alpha value is -0.0400. The van der Waals surface area contributed by atoms with Gasteiger partial charge in [0.1, 0.15) is 0 Å². The van der Waals surface area contributed by atoms with E-state index in [-0.39, 0.29) is 0 Å². The number of rotatable bonds is 6. The highest BCUT2D eigenvalue weighted by Gasteiger charge is 2.43. The zero-order valence-corrected chi connectivity index (χ0v) is 8.42. The minimum atomic E-state index is 0.372. The first kappa shape index (κ1) is 10.0. The normalized spacial score (nSPS) is 33.8. The van der Waals surface area contributed by atoms with Crippen LogP contribution in [0, 0.1) is 17.8 Å². The average Bonchev–Trinajstić information content (AvgIpc) is 2.70. The first-order valence-corrected chi connectivity index (χ1v) is 5.42. The van der Waals surface area contributed by atoms with Crippen molar-refractivity contribution < 1.29 is 5.11 Å². The van der Waals surface area contributed by atoms with Gasteiger partial charge in [-0.15, -0.1) is 0 Å². The predicted octanol–water partition coefficient (Wildman–Crippen LogP) is 2.83. The summed E-state index contributed by atoms with van der Waals surface area (Å²) < 4.78 is 0. The zero-order valence-electron chi connectivity index (χ0n) is 8.42. The molecule has 0 spiro atoms. The first-order chi connectivity index (χ1) is 5.81. The van der Waals surface area contributed by atoms with Crippen molar-refractivity contribution in [3.8, 4) is 0 Å². The molecule has 1 fully saturated rings. The van der Waals surface area contributed by atoms with Gasteiger partial charge < -0.3 is 5.11 Å². The zero-order chi connectivity index (χ0) is 8.97. The van der Waals surface area contributed by atoms with Gasteiger partial charge in [-0.05, 0) is 30.6 Å². The summed E-state index contributed by atoms with van der Waals surface area (Å²) in [6.07, 6.45) is 6.31. The van der Waals surface area contributed by atoms with Gasteiger partial charge in [0.05, 0.1) is 0 Å². The number of aliphatic hydroxyl groups is 1. The van der Waals surface area contributed by atoms with Crippen LogP contribution in [0.4, 0.5) is 0 Å². The van der Waals surface area contributed by atoms with Crippen molar-refractivity contribution in [2.45, 2.75) is 46.0 Å². The van der Waals surface area contributed by atoms with Gasteiger partial charge in [0.2, 0.25) is 0 Å². The Morgan fingerprint density at radius 3 is 2.33 bits per heavy atom. The summed E-state index contributed by atoms with van der Waals surface area (Å²) in [5.41, 5.74) is 0. The van der Waals surface area contributed by atoms with E-state index in [1.165, 1.54) is 25.7 Å². The molecule has 3 atom stereocenters. The summed E-state index contributed by atoms with van der Waals surface area (Å²) in [5.74, 6) is 3.04. The molecule has 0 aliphatic heterocycles. The second-order valence-corrected chi connectivity index (χ2v) is 4.17. The van der Waals surface area contributed by atoms with Crippen LogP contribution in [-0.4, -0.2) is 11.7 Å². The maximum atomic E-state index is 8.60. The average molecular weight is 170 g/mol. The highest BCUT2D eigenvalue weighted by atomic mass is 16.2. The fourth-order valence-electron chi connectivity index (χ4n) is 2.46. The number of hydrogen-bond donors (Lipinski definition) is 1. The molecule has 0 aromatic heterocycles. The highest BCUT2D eigenvalue weighted by molar-refractivity contribution is 4.92. The van der Waals surface area contributed by atoms with Crippen molar-refractivity contribution in [1.29, 1.82) is 0 Å². The Balaban J connectivity index is 1.95. The van der Waals surface area contributed by atoms with E-state index in [0.29, 0.717) is 6.61 Å². The molecule has 1 heteroatoms. The van der Waals surface area contributed by atoms with Crippen LogP contribution >= 0.6 is 0 Å². The monoisotopic (exact) mass is 170 g/mol. The molecule has 1 aliphatic carbocycles. The van der Waals surface area contributed by atoms with Gasteiger partial charge in [-0.25, -0.2) is 0 Å². The van der Waals surface area contributed by atoms with Gasteiger partial charge in [-0.2, -0.15) is 0 Å². The van der Waals surface area contributed by atoms with Gasteiger partial charge in [-0.1, -0.05) is 33.1 Å². The van der Waals surface area contributed by atoms with E-state index in [1.807, 2.05) is 0 Å². The van der Waals surface area contributed by atoms with Gasteiger partial charge >= 0.3 is 0 Å². The molecule has 0 aromatic carbocycles. The van der Waals surface area contributed by atoms with Crippen LogP contribution < -0.4 is 0 Å². The minimum absolute atomic E-state index is 0.372. The van der Waals surface area contributed by atoms with Crippen molar-refractivity contribution >= 4 is 0 Å². The molecule has 0 bridgehead atoms. The molecule has 0 saturated heterocycles. The molecular formula is C11H22O. The molecule has 1 saturated carbocycles. The molecule has 1 rings (SSSR count). The fraction of sp³-hybridized carbons (Fsp3) is 1.00. The molecule has 1 N–H and O–H groups in total. The summed E-state index contributed by atoms with van der Waals surface area (Å²) in [6.45, 7) is 5.05. The summed E-state index contributed by atoms with van der Waals surface area (Å²) >= 11 is 0. The smallest absolute Gasteiger partial charge is 0.0431 e. The first-order valence-electron chi connectivity index (χ1n) is 5.42. The maximum absolute atomic E-state index is 8.60. The van der Waals surface area contributed by atoms with Crippen LogP contribution in [0.2, 0.25) is 0 Å². The molecule has 0 radical (unpaired) electrons. The molecule has 1 nitrogen and oxygen atoms in total. The van der Waals surface area contributed by atoms with E-state index in [9.17, 15) is 0 Å². The molecule has 12 heavy (non-hydrogen) atoms. The molecular weight excluding hydrogens is 148 g/mol. The number of unbranched alkanes of at least 4 members (excludes halogenated alkanes) is 2. The summed E-state index contributed by atoms with van der Waals surface area (Å²) in [7, 11) is 0. The molecule has 0 heterocycles. The van der Waals surface area contributed by atoms with E-state index in [1.54, 1.807) is 0 Å². The van der Waals surface area contributed by atoms with E-state index in [4.69, 9.17) is 5.11 Å². The maximum Gasteiger partial charge on any atom is 0.0431 e. The van der Waals surface area contributed by atoms with Crippen molar-refractivity contribution in [2.75, 3.05) is 6.61 Å². The second kappa shape index (κ2) is 4.86. The van der Waals surface area contributed by atoms with Crippen molar-refractivity contribution in [1.82, 2.24) is 0 Å². The lowest BCUT2D eigenvalue weighted by Gasteiger charge is -1.97. The van der Waals surface area contributed by atoms with E-state index >= 15 is 0 Å². The quantitative estimate of drug-likeness (QED) is 0.608. The molecule has 3 unspecified atom stereocenters. The largest absolute Gasteiger partial charge is 0.396 e. The third-order valence-corrected chi connectivity index (χ3v) is 3.43. The van der Waals surface area contributed by atoms with Crippen molar-refractivity contribution in [3.63, 3.8) is 0 Å². The van der Waals surface area contributed by atoms with Crippen LogP contribution in [0.15, 0.2) is 0 Å². The lowest BCUT2D eigenvalue weighted by molar-refractivity contribution is 0.282. The van der Waals surface area contributed by atoms with Gasteiger partial charge in [-0.3, -0.25) is 0 Å². The molecule has 1 aliphatic rings. The predicted molar refractivity (Wildman–Crippen MR) is 52.0 cm³/mol. The van der Waals surface area contributed by atoms with Crippen molar-refractivity contribution in [3.05, 3.63) is 0 Å². The number of aliphatic hydroxyl groups excluding tert-OH is 1. The Labute approximate surface area is 76.2 Å². The third kappa shape index (κ3) is 2.48. The minimum Gasteiger partial charge on any atom is -0.396 e. The Kier molecular flexibility index (Phi) is 4.07. The van der Waals surface area contributed by atoms with Crippen LogP contribution in [0.5, 0.6) is 0 Å². The van der Waals surface area contributed by atoms with Crippen LogP contribution in [-0.2, 0) is 0 Å². The SMILES string of the molecule is CCC1C(C)C1CCCCCO. The summed E-state index contributed by atoms with van der Waals surface area (Å²) in [6, 6.07) is 0. The van der Waals surface area contributed by atoms with Gasteiger partial charge in [0.25, 0.3) is 0 Å². The van der Waals surface area contributed by atoms with E-state index in [2.05, 4.69) is 13.8 Å². The third-order valence-electron chi connectivity index (χ3n) is 3.43. The Bertz CT molecular complexity index is 122. The Morgan fingerprint density at radius 1 is 1.08 bits per heavy atom. The van der Waals surface area contributed by atoms with Crippen LogP contribution in [0.3, 0.4) is 0 Å². The topological polar surface area (TPSA) is 20.2 Å². The Morgan fingerprint density at radius 2 is 1.83 bits per heavy atom. The number of hydrogen-bond acceptors (Lipinski definition) is 1. The van der Waals surface area contributed by atoms with Crippen LogP contribution in [0.1, 0.15) is 46.0 Å². The van der Waals surface area contributed by atoms with Crippen molar-refractivity contribution in [2.24, 2.45) is 17.8 Å². The molecule has 72 valence electrons. The summed E-state index contributed by atoms with van der Waals surface area (Å²) in [5, 5.41) is 8.60. The lowest BCUT2D eigenvalue weighted by Crippen LogP contribution is -1.86. The van der Waals surface area contributed by atoms with E-state index < -0.39 is 0 Å². The lowest BCUT2D eigenvalue weighted by atomic mass is 10.1. The molecule has 0 aromatic rings. The van der Waals surface area contributed by atoms with Gasteiger partial charge in [0.15, 0.2) is 0 Å². The molecule has 0 amide bonds. The van der Waals surface area contributed by atoms with E-state index in [0.717, 1.165) is 24.2 Å². The second-order valence-electron chi connectivity index (χ2n) is 4.17. The van der Waals surface area contributed by atoms with Crippen LogP contribution in [0.25, 0.3) is 0 Å². The fourth-order valence-corrected chi connectivity index (χ4v) is 2.46. The summed E-state index contributed by atoms with van der Waals surface area (Å²) in [4.78, 5) is 0.